The molecule has 1 aliphatic rings. The van der Waals surface area contributed by atoms with Gasteiger partial charge in [-0.15, -0.1) is 0 Å². The molecule has 1 fully saturated rings. The van der Waals surface area contributed by atoms with Crippen LogP contribution in [0, 0.1) is 0 Å². The predicted octanol–water partition coefficient (Wildman–Crippen LogP) is 3.00. The molecule has 0 amide bonds. The molecule has 1 saturated carbocycles. The standard InChI is InChI=1S/C13H13F3O3/c1-2-19-9-5-3-8(4-6-9)10-7-12(14,15)13(10,16)11(17)18/h3-6,10H,2,7H2,1H3,(H,17,18). The van der Waals surface area contributed by atoms with Crippen LogP contribution in [0.1, 0.15) is 24.8 Å². The van der Waals surface area contributed by atoms with Gasteiger partial charge in [0.1, 0.15) is 5.75 Å². The molecule has 1 aromatic carbocycles. The summed E-state index contributed by atoms with van der Waals surface area (Å²) in [6.45, 7) is 2.24. The summed E-state index contributed by atoms with van der Waals surface area (Å²) in [6, 6.07) is 5.86. The smallest absolute Gasteiger partial charge is 0.348 e. The van der Waals surface area contributed by atoms with Gasteiger partial charge in [-0.3, -0.25) is 0 Å². The number of hydrogen-bond acceptors (Lipinski definition) is 2. The van der Waals surface area contributed by atoms with Crippen molar-refractivity contribution >= 4 is 5.97 Å². The average molecular weight is 274 g/mol. The van der Waals surface area contributed by atoms with Gasteiger partial charge >= 0.3 is 5.97 Å². The van der Waals surface area contributed by atoms with E-state index in [0.717, 1.165) is 0 Å². The molecule has 0 bridgehead atoms. The Bertz CT molecular complexity index is 486. The molecule has 2 atom stereocenters. The second kappa shape index (κ2) is 4.43. The van der Waals surface area contributed by atoms with E-state index in [-0.39, 0.29) is 5.56 Å². The van der Waals surface area contributed by atoms with Crippen molar-refractivity contribution in [1.82, 2.24) is 0 Å². The SMILES string of the molecule is CCOc1ccc(C2CC(F)(F)C2(F)C(=O)O)cc1. The first-order chi connectivity index (χ1) is 8.83. The van der Waals surface area contributed by atoms with E-state index in [9.17, 15) is 18.0 Å². The molecule has 3 nitrogen and oxygen atoms in total. The zero-order valence-corrected chi connectivity index (χ0v) is 10.2. The lowest BCUT2D eigenvalue weighted by atomic mass is 9.64. The zero-order valence-electron chi connectivity index (χ0n) is 10.2. The van der Waals surface area contributed by atoms with Crippen LogP contribution in [0.3, 0.4) is 0 Å². The summed E-state index contributed by atoms with van der Waals surface area (Å²) in [5.74, 6) is -6.77. The van der Waals surface area contributed by atoms with E-state index in [0.29, 0.717) is 12.4 Å². The molecule has 104 valence electrons. The molecule has 0 aromatic heterocycles. The third kappa shape index (κ3) is 1.95. The molecule has 0 spiro atoms. The first kappa shape index (κ1) is 13.7. The molecular formula is C13H13F3O3. The molecule has 0 radical (unpaired) electrons. The van der Waals surface area contributed by atoms with Gasteiger partial charge in [0, 0.05) is 12.3 Å². The Morgan fingerprint density at radius 2 is 1.95 bits per heavy atom. The lowest BCUT2D eigenvalue weighted by molar-refractivity contribution is -0.234. The second-order valence-corrected chi connectivity index (χ2v) is 4.48. The van der Waals surface area contributed by atoms with E-state index in [2.05, 4.69) is 0 Å². The number of carbonyl (C=O) groups is 1. The molecule has 0 saturated heterocycles. The van der Waals surface area contributed by atoms with Crippen LogP contribution >= 0.6 is 0 Å². The van der Waals surface area contributed by atoms with E-state index in [1.165, 1.54) is 24.3 Å². The number of benzene rings is 1. The second-order valence-electron chi connectivity index (χ2n) is 4.48. The highest BCUT2D eigenvalue weighted by atomic mass is 19.3. The molecule has 6 heteroatoms. The summed E-state index contributed by atoms with van der Waals surface area (Å²) in [7, 11) is 0. The van der Waals surface area contributed by atoms with E-state index in [1.807, 2.05) is 0 Å². The molecule has 1 aliphatic carbocycles. The third-order valence-electron chi connectivity index (χ3n) is 3.38. The van der Waals surface area contributed by atoms with Gasteiger partial charge in [0.05, 0.1) is 6.61 Å². The fourth-order valence-electron chi connectivity index (χ4n) is 2.29. The maximum atomic E-state index is 14.0. The minimum atomic E-state index is -3.83. The Labute approximate surface area is 108 Å². The summed E-state index contributed by atoms with van der Waals surface area (Å²) in [5, 5.41) is 8.72. The minimum Gasteiger partial charge on any atom is -0.494 e. The van der Waals surface area contributed by atoms with Gasteiger partial charge in [0.15, 0.2) is 0 Å². The van der Waals surface area contributed by atoms with Gasteiger partial charge in [0.2, 0.25) is 0 Å². The number of halogens is 3. The van der Waals surface area contributed by atoms with Crippen LogP contribution in [0.5, 0.6) is 5.75 Å². The molecule has 2 rings (SSSR count). The van der Waals surface area contributed by atoms with Crippen molar-refractivity contribution in [3.8, 4) is 5.75 Å². The van der Waals surface area contributed by atoms with Crippen LogP contribution in [0.2, 0.25) is 0 Å². The normalized spacial score (nSPS) is 28.5. The number of alkyl halides is 3. The van der Waals surface area contributed by atoms with Crippen molar-refractivity contribution in [2.45, 2.75) is 30.9 Å². The average Bonchev–Trinajstić information content (AvgIpc) is 2.36. The zero-order chi connectivity index (χ0) is 14.3. The maximum absolute atomic E-state index is 14.0. The van der Waals surface area contributed by atoms with Crippen molar-refractivity contribution in [2.24, 2.45) is 0 Å². The predicted molar refractivity (Wildman–Crippen MR) is 61.4 cm³/mol. The van der Waals surface area contributed by atoms with Crippen LogP contribution in [0.25, 0.3) is 0 Å². The van der Waals surface area contributed by atoms with Crippen LogP contribution in [0.15, 0.2) is 24.3 Å². The lowest BCUT2D eigenvalue weighted by Gasteiger charge is -2.46. The third-order valence-corrected chi connectivity index (χ3v) is 3.38. The Morgan fingerprint density at radius 3 is 2.37 bits per heavy atom. The van der Waals surface area contributed by atoms with E-state index >= 15 is 0 Å². The quantitative estimate of drug-likeness (QED) is 0.918. The van der Waals surface area contributed by atoms with Gasteiger partial charge in [-0.1, -0.05) is 12.1 Å². The fourth-order valence-corrected chi connectivity index (χ4v) is 2.29. The highest BCUT2D eigenvalue weighted by Crippen LogP contribution is 2.59. The first-order valence-corrected chi connectivity index (χ1v) is 5.86. The Kier molecular flexibility index (Phi) is 3.20. The number of ether oxygens (including phenoxy) is 1. The molecular weight excluding hydrogens is 261 g/mol. The van der Waals surface area contributed by atoms with Crippen molar-refractivity contribution in [2.75, 3.05) is 6.61 Å². The van der Waals surface area contributed by atoms with Gasteiger partial charge in [0.25, 0.3) is 11.6 Å². The Morgan fingerprint density at radius 1 is 1.37 bits per heavy atom. The molecule has 2 unspecified atom stereocenters. The van der Waals surface area contributed by atoms with Crippen LogP contribution in [-0.2, 0) is 4.79 Å². The van der Waals surface area contributed by atoms with Crippen molar-refractivity contribution < 1.29 is 27.8 Å². The molecule has 1 N–H and O–H groups in total. The van der Waals surface area contributed by atoms with Crippen molar-refractivity contribution in [3.05, 3.63) is 29.8 Å². The Balaban J connectivity index is 2.26. The summed E-state index contributed by atoms with van der Waals surface area (Å²) in [5.41, 5.74) is -3.29. The molecule has 0 aliphatic heterocycles. The van der Waals surface area contributed by atoms with E-state index in [1.54, 1.807) is 6.92 Å². The minimum absolute atomic E-state index is 0.235. The summed E-state index contributed by atoms with van der Waals surface area (Å²) in [4.78, 5) is 10.8. The number of hydrogen-bond donors (Lipinski definition) is 1. The van der Waals surface area contributed by atoms with Crippen LogP contribution in [-0.4, -0.2) is 29.3 Å². The summed E-state index contributed by atoms with van der Waals surface area (Å²) < 4.78 is 45.6. The molecule has 0 heterocycles. The number of rotatable bonds is 4. The summed E-state index contributed by atoms with van der Waals surface area (Å²) >= 11 is 0. The lowest BCUT2D eigenvalue weighted by Crippen LogP contribution is -2.64. The number of carboxylic acid groups (broad SMARTS) is 1. The van der Waals surface area contributed by atoms with Gasteiger partial charge < -0.3 is 9.84 Å². The van der Waals surface area contributed by atoms with Crippen LogP contribution in [0.4, 0.5) is 13.2 Å². The first-order valence-electron chi connectivity index (χ1n) is 5.86. The number of aliphatic carboxylic acids is 1. The monoisotopic (exact) mass is 274 g/mol. The maximum Gasteiger partial charge on any atom is 0.348 e. The Hall–Kier alpha value is -1.72. The van der Waals surface area contributed by atoms with Gasteiger partial charge in [-0.25, -0.2) is 18.0 Å². The topological polar surface area (TPSA) is 46.5 Å². The fraction of sp³-hybridized carbons (Fsp3) is 0.462. The largest absolute Gasteiger partial charge is 0.494 e. The van der Waals surface area contributed by atoms with Crippen LogP contribution < -0.4 is 4.74 Å². The van der Waals surface area contributed by atoms with Crippen molar-refractivity contribution in [1.29, 1.82) is 0 Å². The van der Waals surface area contributed by atoms with Crippen molar-refractivity contribution in [3.63, 3.8) is 0 Å². The van der Waals surface area contributed by atoms with Gasteiger partial charge in [-0.05, 0) is 24.6 Å². The van der Waals surface area contributed by atoms with E-state index in [4.69, 9.17) is 9.84 Å². The molecule has 19 heavy (non-hydrogen) atoms. The van der Waals surface area contributed by atoms with E-state index < -0.39 is 29.9 Å². The number of carboxylic acids is 1. The molecule has 1 aromatic rings. The van der Waals surface area contributed by atoms with Gasteiger partial charge in [-0.2, -0.15) is 0 Å². The summed E-state index contributed by atoms with van der Waals surface area (Å²) in [6.07, 6.45) is -0.802. The highest BCUT2D eigenvalue weighted by molar-refractivity contribution is 5.82. The highest BCUT2D eigenvalue weighted by Gasteiger charge is 2.75.